The second-order valence-electron chi connectivity index (χ2n) is 17.9. The standard InChI is InChI=1S/C44H50F3N9O4S/c1-26-11-12-34(39(58)48-26)56-33-9-6-8-32(37(33)52(4)41(56)59)54-19-15-43(16-20-54)24-53(25-43)23-27-13-17-55(18-14-27)40-51-31-21-28(42(2,3)60)30(22-35(31)61-40)50-38(57)29-7-5-10-36(49-29)44(45,46)47/h5-10,21-22,27,34,60H,1,11-20,23-25H2,2-4H3,(H,48,58)(H,50,57). The summed E-state index contributed by atoms with van der Waals surface area (Å²) in [5.74, 6) is -0.423. The van der Waals surface area contributed by atoms with Crippen LogP contribution in [-0.4, -0.2) is 86.7 Å². The molecule has 17 heteroatoms. The third kappa shape index (κ3) is 7.80. The van der Waals surface area contributed by atoms with Crippen LogP contribution < -0.4 is 26.1 Å². The number of alkyl halides is 3. The van der Waals surface area contributed by atoms with Crippen molar-refractivity contribution in [3.05, 3.63) is 88.2 Å². The molecule has 2 amide bonds. The predicted molar refractivity (Wildman–Crippen MR) is 230 cm³/mol. The number of pyridine rings is 1. The van der Waals surface area contributed by atoms with Gasteiger partial charge in [-0.05, 0) is 100 Å². The molecule has 2 aromatic carbocycles. The summed E-state index contributed by atoms with van der Waals surface area (Å²) < 4.78 is 44.0. The number of aliphatic hydroxyl groups is 1. The summed E-state index contributed by atoms with van der Waals surface area (Å²) in [6.07, 6.45) is 0.742. The zero-order valence-electron chi connectivity index (χ0n) is 34.5. The maximum atomic E-state index is 13.5. The Hall–Kier alpha value is -5.26. The first-order valence-electron chi connectivity index (χ1n) is 20.9. The zero-order chi connectivity index (χ0) is 43.0. The molecule has 4 aliphatic heterocycles. The van der Waals surface area contributed by atoms with Crippen LogP contribution in [0.15, 0.2) is 65.6 Å². The Kier molecular flexibility index (Phi) is 10.3. The summed E-state index contributed by atoms with van der Waals surface area (Å²) >= 11 is 1.49. The molecule has 3 aromatic heterocycles. The van der Waals surface area contributed by atoms with E-state index in [2.05, 4.69) is 43.0 Å². The number of amides is 2. The van der Waals surface area contributed by atoms with Gasteiger partial charge < -0.3 is 30.4 Å². The van der Waals surface area contributed by atoms with Gasteiger partial charge in [-0.3, -0.25) is 18.7 Å². The Morgan fingerprint density at radius 3 is 2.41 bits per heavy atom. The lowest BCUT2D eigenvalue weighted by atomic mass is 9.71. The van der Waals surface area contributed by atoms with Gasteiger partial charge in [0.15, 0.2) is 5.13 Å². The molecule has 9 rings (SSSR count). The fourth-order valence-corrected chi connectivity index (χ4v) is 10.9. The summed E-state index contributed by atoms with van der Waals surface area (Å²) in [5, 5.41) is 17.4. The van der Waals surface area contributed by atoms with E-state index in [0.29, 0.717) is 41.0 Å². The summed E-state index contributed by atoms with van der Waals surface area (Å²) in [6.45, 7) is 13.8. The maximum Gasteiger partial charge on any atom is 0.433 e. The quantitative estimate of drug-likeness (QED) is 0.157. The van der Waals surface area contributed by atoms with Gasteiger partial charge in [0.2, 0.25) is 5.91 Å². The Morgan fingerprint density at radius 2 is 1.72 bits per heavy atom. The van der Waals surface area contributed by atoms with E-state index < -0.39 is 29.4 Å². The van der Waals surface area contributed by atoms with E-state index in [1.807, 2.05) is 12.1 Å². The van der Waals surface area contributed by atoms with Crippen molar-refractivity contribution in [2.75, 3.05) is 60.9 Å². The minimum absolute atomic E-state index is 0.179. The van der Waals surface area contributed by atoms with Crippen LogP contribution in [0, 0.1) is 11.3 Å². The number of piperidine rings is 3. The third-order valence-electron chi connectivity index (χ3n) is 13.1. The van der Waals surface area contributed by atoms with Crippen LogP contribution in [0.1, 0.15) is 80.2 Å². The second kappa shape index (κ2) is 15.3. The third-order valence-corrected chi connectivity index (χ3v) is 14.2. The molecule has 13 nitrogen and oxygen atoms in total. The number of aryl methyl sites for hydroxylation is 1. The maximum absolute atomic E-state index is 13.5. The number of hydrogen-bond acceptors (Lipinski definition) is 10. The minimum atomic E-state index is -4.69. The number of fused-ring (bicyclic) bond motifs is 2. The van der Waals surface area contributed by atoms with Crippen LogP contribution in [-0.2, 0) is 23.6 Å². The molecular formula is C44H50F3N9O4S. The highest BCUT2D eigenvalue weighted by Gasteiger charge is 2.45. The van der Waals surface area contributed by atoms with Crippen molar-refractivity contribution in [1.82, 2.24) is 29.3 Å². The van der Waals surface area contributed by atoms with Crippen LogP contribution >= 0.6 is 11.3 Å². The molecule has 4 fully saturated rings. The van der Waals surface area contributed by atoms with E-state index in [9.17, 15) is 32.7 Å². The molecule has 1 spiro atoms. The number of aromatic nitrogens is 4. The molecular weight excluding hydrogens is 808 g/mol. The number of nitrogens with one attached hydrogen (secondary N) is 2. The number of imidazole rings is 1. The highest BCUT2D eigenvalue weighted by Crippen LogP contribution is 2.44. The summed E-state index contributed by atoms with van der Waals surface area (Å²) in [5.41, 5.74) is 1.95. The molecule has 4 saturated heterocycles. The van der Waals surface area contributed by atoms with Gasteiger partial charge in [-0.2, -0.15) is 13.2 Å². The molecule has 1 atom stereocenters. The number of halogens is 3. The fourth-order valence-electron chi connectivity index (χ4n) is 9.84. The lowest BCUT2D eigenvalue weighted by Crippen LogP contribution is -2.61. The highest BCUT2D eigenvalue weighted by atomic mass is 32.1. The largest absolute Gasteiger partial charge is 0.433 e. The molecule has 0 aliphatic carbocycles. The highest BCUT2D eigenvalue weighted by molar-refractivity contribution is 7.22. The number of anilines is 3. The average molecular weight is 858 g/mol. The molecule has 7 heterocycles. The molecule has 0 saturated carbocycles. The molecule has 3 N–H and O–H groups in total. The fraction of sp³-hybridized carbons (Fsp3) is 0.477. The molecule has 1 unspecified atom stereocenters. The van der Waals surface area contributed by atoms with E-state index in [0.717, 1.165) is 110 Å². The number of benzene rings is 2. The van der Waals surface area contributed by atoms with Crippen molar-refractivity contribution < 1.29 is 27.9 Å². The number of likely N-dealkylation sites (tertiary alicyclic amines) is 1. The van der Waals surface area contributed by atoms with E-state index >= 15 is 0 Å². The molecule has 322 valence electrons. The Bertz CT molecular complexity index is 2600. The first kappa shape index (κ1) is 41.1. The van der Waals surface area contributed by atoms with E-state index in [4.69, 9.17) is 4.98 Å². The normalized spacial score (nSPS) is 20.4. The molecule has 0 bridgehead atoms. The summed E-state index contributed by atoms with van der Waals surface area (Å²) in [7, 11) is 1.80. The number of allylic oxidation sites excluding steroid dienone is 1. The smallest absolute Gasteiger partial charge is 0.386 e. The summed E-state index contributed by atoms with van der Waals surface area (Å²) in [6, 6.07) is 12.1. The molecule has 4 aliphatic rings. The lowest BCUT2D eigenvalue weighted by molar-refractivity contribution is -0.141. The van der Waals surface area contributed by atoms with E-state index in [-0.39, 0.29) is 23.0 Å². The van der Waals surface area contributed by atoms with Gasteiger partial charge in [0.05, 0.1) is 32.5 Å². The van der Waals surface area contributed by atoms with Crippen molar-refractivity contribution in [2.45, 2.75) is 70.2 Å². The molecule has 5 aromatic rings. The van der Waals surface area contributed by atoms with Gasteiger partial charge >= 0.3 is 11.9 Å². The number of rotatable bonds is 8. The van der Waals surface area contributed by atoms with Gasteiger partial charge in [-0.1, -0.05) is 30.0 Å². The van der Waals surface area contributed by atoms with Crippen molar-refractivity contribution in [3.8, 4) is 0 Å². The Morgan fingerprint density at radius 1 is 1.00 bits per heavy atom. The topological polar surface area (TPSA) is 141 Å². The number of nitrogens with zero attached hydrogens (tertiary/aromatic N) is 7. The van der Waals surface area contributed by atoms with Gasteiger partial charge in [0.25, 0.3) is 5.91 Å². The molecule has 0 radical (unpaired) electrons. The second-order valence-corrected chi connectivity index (χ2v) is 18.9. The molecule has 61 heavy (non-hydrogen) atoms. The average Bonchev–Trinajstić information content (AvgIpc) is 3.74. The van der Waals surface area contributed by atoms with Crippen LogP contribution in [0.5, 0.6) is 0 Å². The SMILES string of the molecule is C=C1CCC(n2c(=O)n(C)c3c(N4CCC5(CC4)CN(CC4CCN(c6nc7cc(C(C)(C)O)c(NC(=O)c8cccc(C(F)(F)F)n8)cc7s6)CC4)C5)cccc32)C(=O)N1. The van der Waals surface area contributed by atoms with Crippen LogP contribution in [0.2, 0.25) is 0 Å². The Labute approximate surface area is 354 Å². The van der Waals surface area contributed by atoms with Gasteiger partial charge in [-0.25, -0.2) is 14.8 Å². The van der Waals surface area contributed by atoms with Crippen LogP contribution in [0.3, 0.4) is 0 Å². The van der Waals surface area contributed by atoms with Gasteiger partial charge in [0, 0.05) is 69.8 Å². The van der Waals surface area contributed by atoms with Crippen molar-refractivity contribution in [1.29, 1.82) is 0 Å². The first-order chi connectivity index (χ1) is 29.0. The Balaban J connectivity index is 0.799. The predicted octanol–water partition coefficient (Wildman–Crippen LogP) is 6.63. The first-order valence-corrected chi connectivity index (χ1v) is 21.7. The van der Waals surface area contributed by atoms with Gasteiger partial charge in [0.1, 0.15) is 17.4 Å². The summed E-state index contributed by atoms with van der Waals surface area (Å²) in [4.78, 5) is 55.2. The van der Waals surface area contributed by atoms with Crippen LogP contribution in [0.25, 0.3) is 21.3 Å². The van der Waals surface area contributed by atoms with Gasteiger partial charge in [-0.15, -0.1) is 0 Å². The lowest BCUT2D eigenvalue weighted by Gasteiger charge is -2.55. The van der Waals surface area contributed by atoms with Crippen molar-refractivity contribution >= 4 is 60.9 Å². The van der Waals surface area contributed by atoms with Crippen molar-refractivity contribution in [3.63, 3.8) is 0 Å². The number of carbonyl (C=O) groups is 2. The number of carbonyl (C=O) groups excluding carboxylic acids is 2. The number of hydrogen-bond donors (Lipinski definition) is 3. The zero-order valence-corrected chi connectivity index (χ0v) is 35.3. The number of para-hydroxylation sites is 1. The van der Waals surface area contributed by atoms with E-state index in [1.54, 1.807) is 42.2 Å². The van der Waals surface area contributed by atoms with Crippen LogP contribution in [0.4, 0.5) is 29.7 Å². The van der Waals surface area contributed by atoms with E-state index in [1.165, 1.54) is 17.4 Å². The monoisotopic (exact) mass is 857 g/mol. The minimum Gasteiger partial charge on any atom is -0.386 e. The number of thiazole rings is 1. The van der Waals surface area contributed by atoms with Crippen molar-refractivity contribution in [2.24, 2.45) is 18.4 Å².